The molecule has 0 saturated heterocycles. The second kappa shape index (κ2) is 4.50. The van der Waals surface area contributed by atoms with Crippen LogP contribution in [0.4, 0.5) is 10.2 Å². The Morgan fingerprint density at radius 3 is 2.68 bits per heavy atom. The van der Waals surface area contributed by atoms with Crippen molar-refractivity contribution in [3.8, 4) is 17.0 Å². The van der Waals surface area contributed by atoms with Crippen molar-refractivity contribution in [2.75, 3.05) is 12.8 Å². The highest BCUT2D eigenvalue weighted by Gasteiger charge is 2.27. The van der Waals surface area contributed by atoms with Crippen molar-refractivity contribution >= 4 is 5.82 Å². The molecule has 0 radical (unpaired) electrons. The normalized spacial score (nSPS) is 14.4. The van der Waals surface area contributed by atoms with Crippen LogP contribution in [0.25, 0.3) is 11.3 Å². The van der Waals surface area contributed by atoms with Crippen molar-refractivity contribution in [1.29, 1.82) is 0 Å². The summed E-state index contributed by atoms with van der Waals surface area (Å²) in [5, 5.41) is 0. The van der Waals surface area contributed by atoms with E-state index in [-0.39, 0.29) is 5.75 Å². The second-order valence-corrected chi connectivity index (χ2v) is 4.66. The molecule has 2 N–H and O–H groups in total. The van der Waals surface area contributed by atoms with E-state index in [1.165, 1.54) is 13.2 Å². The van der Waals surface area contributed by atoms with Gasteiger partial charge in [0.1, 0.15) is 11.6 Å². The lowest BCUT2D eigenvalue weighted by Crippen LogP contribution is -2.00. The second-order valence-electron chi connectivity index (χ2n) is 4.66. The van der Waals surface area contributed by atoms with E-state index in [2.05, 4.69) is 9.97 Å². The summed E-state index contributed by atoms with van der Waals surface area (Å²) in [4.78, 5) is 8.69. The number of ether oxygens (including phenoxy) is 1. The Balaban J connectivity index is 2.03. The van der Waals surface area contributed by atoms with Gasteiger partial charge in [-0.05, 0) is 31.0 Å². The van der Waals surface area contributed by atoms with Crippen LogP contribution in [0.3, 0.4) is 0 Å². The van der Waals surface area contributed by atoms with Crippen molar-refractivity contribution < 1.29 is 9.13 Å². The van der Waals surface area contributed by atoms with Gasteiger partial charge in [-0.25, -0.2) is 14.4 Å². The SMILES string of the molecule is COc1ccc(-c2cc(N)nc(C3CC3)n2)cc1F. The van der Waals surface area contributed by atoms with Crippen LogP contribution >= 0.6 is 0 Å². The van der Waals surface area contributed by atoms with E-state index in [0.29, 0.717) is 23.0 Å². The lowest BCUT2D eigenvalue weighted by molar-refractivity contribution is 0.386. The lowest BCUT2D eigenvalue weighted by atomic mass is 10.1. The molecule has 1 aromatic carbocycles. The Kier molecular flexibility index (Phi) is 2.81. The third-order valence-electron chi connectivity index (χ3n) is 3.15. The number of nitrogens with two attached hydrogens (primary N) is 1. The molecule has 1 aliphatic carbocycles. The summed E-state index contributed by atoms with van der Waals surface area (Å²) in [7, 11) is 1.44. The fraction of sp³-hybridized carbons (Fsp3) is 0.286. The van der Waals surface area contributed by atoms with E-state index in [1.807, 2.05) is 0 Å². The number of methoxy groups -OCH3 is 1. The highest BCUT2D eigenvalue weighted by Crippen LogP contribution is 2.39. The predicted molar refractivity (Wildman–Crippen MR) is 70.4 cm³/mol. The molecule has 0 aliphatic heterocycles. The minimum atomic E-state index is -0.412. The minimum Gasteiger partial charge on any atom is -0.494 e. The van der Waals surface area contributed by atoms with Gasteiger partial charge in [-0.1, -0.05) is 0 Å². The Bertz CT molecular complexity index is 626. The third kappa shape index (κ3) is 2.36. The van der Waals surface area contributed by atoms with Crippen LogP contribution in [-0.4, -0.2) is 17.1 Å². The molecule has 1 aliphatic rings. The maximum atomic E-state index is 13.7. The van der Waals surface area contributed by atoms with Crippen LogP contribution < -0.4 is 10.5 Å². The van der Waals surface area contributed by atoms with Crippen LogP contribution in [0.1, 0.15) is 24.6 Å². The standard InChI is InChI=1S/C14H14FN3O/c1-19-12-5-4-9(6-10(12)15)11-7-13(16)18-14(17-11)8-2-3-8/h4-8H,2-3H2,1H3,(H2,16,17,18). The first-order valence-electron chi connectivity index (χ1n) is 6.16. The number of rotatable bonds is 3. The molecule has 3 rings (SSSR count). The van der Waals surface area contributed by atoms with Gasteiger partial charge >= 0.3 is 0 Å². The van der Waals surface area contributed by atoms with Gasteiger partial charge in [0.05, 0.1) is 12.8 Å². The molecule has 0 bridgehead atoms. The molecule has 19 heavy (non-hydrogen) atoms. The van der Waals surface area contributed by atoms with Crippen LogP contribution in [0.2, 0.25) is 0 Å². The molecule has 1 saturated carbocycles. The number of halogens is 1. The summed E-state index contributed by atoms with van der Waals surface area (Å²) >= 11 is 0. The van der Waals surface area contributed by atoms with Crippen LogP contribution in [0, 0.1) is 5.82 Å². The topological polar surface area (TPSA) is 61.0 Å². The maximum absolute atomic E-state index is 13.7. The van der Waals surface area contributed by atoms with Gasteiger partial charge in [-0.2, -0.15) is 0 Å². The van der Waals surface area contributed by atoms with E-state index in [4.69, 9.17) is 10.5 Å². The zero-order chi connectivity index (χ0) is 13.4. The van der Waals surface area contributed by atoms with Crippen molar-refractivity contribution in [1.82, 2.24) is 9.97 Å². The molecule has 2 aromatic rings. The van der Waals surface area contributed by atoms with Crippen LogP contribution in [0.5, 0.6) is 5.75 Å². The van der Waals surface area contributed by atoms with Crippen LogP contribution in [-0.2, 0) is 0 Å². The van der Waals surface area contributed by atoms with Crippen molar-refractivity contribution in [3.63, 3.8) is 0 Å². The summed E-state index contributed by atoms with van der Waals surface area (Å²) < 4.78 is 18.6. The molecule has 1 aromatic heterocycles. The molecule has 0 unspecified atom stereocenters. The predicted octanol–water partition coefficient (Wildman–Crippen LogP) is 2.75. The van der Waals surface area contributed by atoms with Gasteiger partial charge in [-0.15, -0.1) is 0 Å². The summed E-state index contributed by atoms with van der Waals surface area (Å²) in [5.41, 5.74) is 7.11. The molecule has 0 amide bonds. The summed E-state index contributed by atoms with van der Waals surface area (Å²) in [5.74, 6) is 1.39. The Labute approximate surface area is 110 Å². The number of benzene rings is 1. The molecular weight excluding hydrogens is 245 g/mol. The van der Waals surface area contributed by atoms with E-state index in [0.717, 1.165) is 18.7 Å². The number of aromatic nitrogens is 2. The van der Waals surface area contributed by atoms with E-state index >= 15 is 0 Å². The first-order chi connectivity index (χ1) is 9.17. The van der Waals surface area contributed by atoms with Gasteiger partial charge in [0, 0.05) is 17.5 Å². The maximum Gasteiger partial charge on any atom is 0.165 e. The molecule has 0 spiro atoms. The largest absolute Gasteiger partial charge is 0.494 e. The summed E-state index contributed by atoms with van der Waals surface area (Å²) in [6.07, 6.45) is 2.19. The monoisotopic (exact) mass is 259 g/mol. The first kappa shape index (κ1) is 11.9. The average molecular weight is 259 g/mol. The quantitative estimate of drug-likeness (QED) is 0.920. The molecule has 1 heterocycles. The molecule has 0 atom stereocenters. The van der Waals surface area contributed by atoms with Gasteiger partial charge in [0.25, 0.3) is 0 Å². The molecule has 1 fully saturated rings. The van der Waals surface area contributed by atoms with E-state index in [9.17, 15) is 4.39 Å². The highest BCUT2D eigenvalue weighted by molar-refractivity contribution is 5.63. The van der Waals surface area contributed by atoms with E-state index in [1.54, 1.807) is 18.2 Å². The minimum absolute atomic E-state index is 0.216. The zero-order valence-electron chi connectivity index (χ0n) is 10.6. The van der Waals surface area contributed by atoms with Gasteiger partial charge in [0.2, 0.25) is 0 Å². The first-order valence-corrected chi connectivity index (χ1v) is 6.16. The van der Waals surface area contributed by atoms with Gasteiger partial charge in [-0.3, -0.25) is 0 Å². The van der Waals surface area contributed by atoms with Crippen LogP contribution in [0.15, 0.2) is 24.3 Å². The number of hydrogen-bond acceptors (Lipinski definition) is 4. The average Bonchev–Trinajstić information content (AvgIpc) is 3.22. The fourth-order valence-electron chi connectivity index (χ4n) is 1.98. The Hall–Kier alpha value is -2.17. The molecular formula is C14H14FN3O. The lowest BCUT2D eigenvalue weighted by Gasteiger charge is -2.07. The number of nitrogens with zero attached hydrogens (tertiary/aromatic N) is 2. The van der Waals surface area contributed by atoms with Gasteiger partial charge < -0.3 is 10.5 Å². The van der Waals surface area contributed by atoms with E-state index < -0.39 is 5.82 Å². The molecule has 4 nitrogen and oxygen atoms in total. The third-order valence-corrected chi connectivity index (χ3v) is 3.15. The number of anilines is 1. The highest BCUT2D eigenvalue weighted by atomic mass is 19.1. The van der Waals surface area contributed by atoms with Gasteiger partial charge in [0.15, 0.2) is 11.6 Å². The summed E-state index contributed by atoms with van der Waals surface area (Å²) in [6.45, 7) is 0. The number of hydrogen-bond donors (Lipinski definition) is 1. The summed E-state index contributed by atoms with van der Waals surface area (Å²) in [6, 6.07) is 6.41. The smallest absolute Gasteiger partial charge is 0.165 e. The Morgan fingerprint density at radius 2 is 2.05 bits per heavy atom. The zero-order valence-corrected chi connectivity index (χ0v) is 10.6. The van der Waals surface area contributed by atoms with Crippen molar-refractivity contribution in [2.24, 2.45) is 0 Å². The van der Waals surface area contributed by atoms with Crippen molar-refractivity contribution in [2.45, 2.75) is 18.8 Å². The Morgan fingerprint density at radius 1 is 1.26 bits per heavy atom. The molecule has 5 heteroatoms. The van der Waals surface area contributed by atoms with Crippen molar-refractivity contribution in [3.05, 3.63) is 35.9 Å². The fourth-order valence-corrected chi connectivity index (χ4v) is 1.98. The number of nitrogen functional groups attached to an aromatic ring is 1. The molecule has 98 valence electrons.